The van der Waals surface area contributed by atoms with Gasteiger partial charge < -0.3 is 10.5 Å². The molecule has 0 atom stereocenters. The van der Waals surface area contributed by atoms with Gasteiger partial charge in [-0.2, -0.15) is 0 Å². The first kappa shape index (κ1) is 12.4. The average molecular weight is 268 g/mol. The molecule has 0 fully saturated rings. The van der Waals surface area contributed by atoms with E-state index in [1.165, 1.54) is 12.1 Å². The molecule has 3 nitrogen and oxygen atoms in total. The Morgan fingerprint density at radius 3 is 2.80 bits per heavy atom. The highest BCUT2D eigenvalue weighted by molar-refractivity contribution is 5.81. The minimum absolute atomic E-state index is 0.187. The van der Waals surface area contributed by atoms with E-state index in [9.17, 15) is 4.39 Å². The van der Waals surface area contributed by atoms with Crippen LogP contribution in [-0.4, -0.2) is 4.98 Å². The maximum Gasteiger partial charge on any atom is 0.167 e. The van der Waals surface area contributed by atoms with Crippen LogP contribution in [0.3, 0.4) is 0 Å². The Morgan fingerprint density at radius 1 is 1.10 bits per heavy atom. The molecule has 4 heteroatoms. The highest BCUT2D eigenvalue weighted by Crippen LogP contribution is 2.22. The van der Waals surface area contributed by atoms with Crippen molar-refractivity contribution in [3.05, 3.63) is 66.1 Å². The number of hydrogen-bond donors (Lipinski definition) is 1. The highest BCUT2D eigenvalue weighted by atomic mass is 19.1. The zero-order valence-electron chi connectivity index (χ0n) is 10.7. The van der Waals surface area contributed by atoms with Crippen LogP contribution >= 0.6 is 0 Å². The monoisotopic (exact) mass is 268 g/mol. The number of para-hydroxylation sites is 1. The number of hydrogen-bond acceptors (Lipinski definition) is 3. The fourth-order valence-electron chi connectivity index (χ4n) is 2.07. The van der Waals surface area contributed by atoms with Crippen LogP contribution in [0.1, 0.15) is 5.56 Å². The summed E-state index contributed by atoms with van der Waals surface area (Å²) in [6.07, 6.45) is 1.73. The molecule has 0 radical (unpaired) electrons. The van der Waals surface area contributed by atoms with Gasteiger partial charge >= 0.3 is 0 Å². The SMILES string of the molecule is Nc1ccc(OCc2cccc3cccnc23)c(F)c1. The van der Waals surface area contributed by atoms with Gasteiger partial charge in [0.15, 0.2) is 11.6 Å². The van der Waals surface area contributed by atoms with E-state index < -0.39 is 5.82 Å². The van der Waals surface area contributed by atoms with Crippen LogP contribution in [0.2, 0.25) is 0 Å². The van der Waals surface area contributed by atoms with Crippen molar-refractivity contribution in [3.63, 3.8) is 0 Å². The third-order valence-electron chi connectivity index (χ3n) is 3.06. The van der Waals surface area contributed by atoms with Crippen molar-refractivity contribution in [2.75, 3.05) is 5.73 Å². The summed E-state index contributed by atoms with van der Waals surface area (Å²) in [6, 6.07) is 14.1. The van der Waals surface area contributed by atoms with Crippen molar-refractivity contribution in [2.24, 2.45) is 0 Å². The summed E-state index contributed by atoms with van der Waals surface area (Å²) >= 11 is 0. The smallest absolute Gasteiger partial charge is 0.167 e. The molecule has 20 heavy (non-hydrogen) atoms. The first-order valence-corrected chi connectivity index (χ1v) is 6.24. The van der Waals surface area contributed by atoms with E-state index in [0.29, 0.717) is 5.69 Å². The standard InChI is InChI=1S/C16H13FN2O/c17-14-9-13(18)6-7-15(14)20-10-12-4-1-3-11-5-2-8-19-16(11)12/h1-9H,10,18H2. The van der Waals surface area contributed by atoms with Crippen molar-refractivity contribution < 1.29 is 9.13 Å². The van der Waals surface area contributed by atoms with Gasteiger partial charge in [-0.3, -0.25) is 4.98 Å². The Labute approximate surface area is 115 Å². The number of anilines is 1. The number of rotatable bonds is 3. The van der Waals surface area contributed by atoms with E-state index in [1.54, 1.807) is 12.3 Å². The number of pyridine rings is 1. The van der Waals surface area contributed by atoms with Gasteiger partial charge in [-0.1, -0.05) is 24.3 Å². The molecular weight excluding hydrogens is 255 g/mol. The van der Waals surface area contributed by atoms with E-state index in [-0.39, 0.29) is 12.4 Å². The fraction of sp³-hybridized carbons (Fsp3) is 0.0625. The second-order valence-corrected chi connectivity index (χ2v) is 4.47. The summed E-state index contributed by atoms with van der Waals surface area (Å²) in [5.74, 6) is -0.273. The van der Waals surface area contributed by atoms with Crippen molar-refractivity contribution >= 4 is 16.6 Å². The molecule has 3 rings (SSSR count). The number of aromatic nitrogens is 1. The molecule has 1 heterocycles. The lowest BCUT2D eigenvalue weighted by molar-refractivity contribution is 0.291. The Hall–Kier alpha value is -2.62. The largest absolute Gasteiger partial charge is 0.486 e. The van der Waals surface area contributed by atoms with Crippen LogP contribution in [0.4, 0.5) is 10.1 Å². The number of nitrogens with two attached hydrogens (primary N) is 1. The molecule has 100 valence electrons. The van der Waals surface area contributed by atoms with Crippen LogP contribution in [0.5, 0.6) is 5.75 Å². The van der Waals surface area contributed by atoms with Crippen molar-refractivity contribution in [2.45, 2.75) is 6.61 Å². The molecule has 3 aromatic rings. The topological polar surface area (TPSA) is 48.1 Å². The van der Waals surface area contributed by atoms with Gasteiger partial charge in [-0.15, -0.1) is 0 Å². The van der Waals surface area contributed by atoms with E-state index >= 15 is 0 Å². The first-order chi connectivity index (χ1) is 9.74. The number of nitrogens with zero attached hydrogens (tertiary/aromatic N) is 1. The van der Waals surface area contributed by atoms with Crippen molar-refractivity contribution in [1.82, 2.24) is 4.98 Å². The number of halogens is 1. The summed E-state index contributed by atoms with van der Waals surface area (Å²) < 4.78 is 19.2. The molecule has 0 unspecified atom stereocenters. The zero-order chi connectivity index (χ0) is 13.9. The van der Waals surface area contributed by atoms with Gasteiger partial charge in [0, 0.05) is 28.9 Å². The predicted octanol–water partition coefficient (Wildman–Crippen LogP) is 3.54. The number of ether oxygens (including phenoxy) is 1. The first-order valence-electron chi connectivity index (χ1n) is 6.24. The van der Waals surface area contributed by atoms with Crippen LogP contribution in [0, 0.1) is 5.82 Å². The lowest BCUT2D eigenvalue weighted by Gasteiger charge is -2.09. The van der Waals surface area contributed by atoms with E-state index in [2.05, 4.69) is 4.98 Å². The zero-order valence-corrected chi connectivity index (χ0v) is 10.7. The van der Waals surface area contributed by atoms with Crippen LogP contribution in [-0.2, 0) is 6.61 Å². The van der Waals surface area contributed by atoms with E-state index in [0.717, 1.165) is 16.5 Å². The maximum atomic E-state index is 13.6. The van der Waals surface area contributed by atoms with Gasteiger partial charge in [0.05, 0.1) is 5.52 Å². The number of benzene rings is 2. The minimum atomic E-state index is -0.460. The van der Waals surface area contributed by atoms with Crippen LogP contribution < -0.4 is 10.5 Å². The maximum absolute atomic E-state index is 13.6. The Balaban J connectivity index is 1.87. The summed E-state index contributed by atoms with van der Waals surface area (Å²) in [4.78, 5) is 4.34. The van der Waals surface area contributed by atoms with E-state index in [1.807, 2.05) is 30.3 Å². The second-order valence-electron chi connectivity index (χ2n) is 4.47. The molecule has 0 aliphatic heterocycles. The molecule has 0 amide bonds. The summed E-state index contributed by atoms with van der Waals surface area (Å²) in [6.45, 7) is 0.259. The molecule has 2 aromatic carbocycles. The van der Waals surface area contributed by atoms with Crippen molar-refractivity contribution in [3.8, 4) is 5.75 Å². The Morgan fingerprint density at radius 2 is 1.95 bits per heavy atom. The lowest BCUT2D eigenvalue weighted by Crippen LogP contribution is -1.99. The van der Waals surface area contributed by atoms with Gasteiger partial charge in [0.25, 0.3) is 0 Å². The summed E-state index contributed by atoms with van der Waals surface area (Å²) in [5, 5.41) is 1.03. The molecule has 1 aromatic heterocycles. The summed E-state index contributed by atoms with van der Waals surface area (Å²) in [7, 11) is 0. The quantitative estimate of drug-likeness (QED) is 0.739. The average Bonchev–Trinajstić information content (AvgIpc) is 2.46. The molecule has 0 saturated heterocycles. The number of nitrogen functional groups attached to an aromatic ring is 1. The normalized spacial score (nSPS) is 10.7. The summed E-state index contributed by atoms with van der Waals surface area (Å²) in [5.41, 5.74) is 7.66. The third-order valence-corrected chi connectivity index (χ3v) is 3.06. The van der Waals surface area contributed by atoms with Crippen molar-refractivity contribution in [1.29, 1.82) is 0 Å². The predicted molar refractivity (Wildman–Crippen MR) is 76.9 cm³/mol. The lowest BCUT2D eigenvalue weighted by atomic mass is 10.1. The highest BCUT2D eigenvalue weighted by Gasteiger charge is 2.06. The molecule has 0 saturated carbocycles. The number of fused-ring (bicyclic) bond motifs is 1. The fourth-order valence-corrected chi connectivity index (χ4v) is 2.07. The van der Waals surface area contributed by atoms with Gasteiger partial charge in [-0.05, 0) is 18.2 Å². The van der Waals surface area contributed by atoms with Gasteiger partial charge in [0.1, 0.15) is 6.61 Å². The Kier molecular flexibility index (Phi) is 3.21. The van der Waals surface area contributed by atoms with Gasteiger partial charge in [0.2, 0.25) is 0 Å². The molecular formula is C16H13FN2O. The van der Waals surface area contributed by atoms with Gasteiger partial charge in [-0.25, -0.2) is 4.39 Å². The van der Waals surface area contributed by atoms with Crippen LogP contribution in [0.15, 0.2) is 54.7 Å². The van der Waals surface area contributed by atoms with Crippen LogP contribution in [0.25, 0.3) is 10.9 Å². The molecule has 0 bridgehead atoms. The minimum Gasteiger partial charge on any atom is -0.486 e. The van der Waals surface area contributed by atoms with E-state index in [4.69, 9.17) is 10.5 Å². The molecule has 0 aliphatic carbocycles. The molecule has 0 aliphatic rings. The molecule has 0 spiro atoms. The second kappa shape index (κ2) is 5.17. The third kappa shape index (κ3) is 2.40. The Bertz CT molecular complexity index is 753. The molecule has 2 N–H and O–H groups in total.